The third-order valence-electron chi connectivity index (χ3n) is 1.69. The first-order valence-corrected chi connectivity index (χ1v) is 3.94. The van der Waals surface area contributed by atoms with E-state index in [-0.39, 0.29) is 0 Å². The second-order valence-corrected chi connectivity index (χ2v) is 2.62. The number of ether oxygens (including phenoxy) is 2. The zero-order valence-electron chi connectivity index (χ0n) is 8.30. The van der Waals surface area contributed by atoms with Gasteiger partial charge in [-0.05, 0) is 12.1 Å². The van der Waals surface area contributed by atoms with Gasteiger partial charge in [-0.3, -0.25) is 0 Å². The summed E-state index contributed by atoms with van der Waals surface area (Å²) >= 11 is 0. The van der Waals surface area contributed by atoms with E-state index in [1.54, 1.807) is 19.0 Å². The van der Waals surface area contributed by atoms with Crippen molar-refractivity contribution in [2.75, 3.05) is 14.2 Å². The van der Waals surface area contributed by atoms with E-state index in [1.165, 1.54) is 12.2 Å². The SMILES string of the molecule is C=C1N=NN(C(C)OC(=O)OC)N1C. The van der Waals surface area contributed by atoms with Crippen molar-refractivity contribution in [3.63, 3.8) is 0 Å². The van der Waals surface area contributed by atoms with Crippen molar-refractivity contribution in [1.82, 2.24) is 10.1 Å². The molecule has 1 rings (SSSR count). The average molecular weight is 200 g/mol. The number of nitrogens with zero attached hydrogens (tertiary/aromatic N) is 4. The number of hydrogen-bond donors (Lipinski definition) is 0. The Morgan fingerprint density at radius 2 is 2.29 bits per heavy atom. The van der Waals surface area contributed by atoms with Gasteiger partial charge in [0.2, 0.25) is 6.23 Å². The molecule has 7 heteroatoms. The van der Waals surface area contributed by atoms with E-state index in [2.05, 4.69) is 21.7 Å². The number of carbonyl (C=O) groups is 1. The Labute approximate surface area is 81.5 Å². The summed E-state index contributed by atoms with van der Waals surface area (Å²) in [5.74, 6) is 0.477. The molecule has 1 atom stereocenters. The molecule has 0 spiro atoms. The molecule has 0 amide bonds. The lowest BCUT2D eigenvalue weighted by Gasteiger charge is -2.27. The molecule has 78 valence electrons. The molecule has 0 aromatic heterocycles. The van der Waals surface area contributed by atoms with Crippen molar-refractivity contribution < 1.29 is 14.3 Å². The van der Waals surface area contributed by atoms with E-state index < -0.39 is 12.4 Å². The van der Waals surface area contributed by atoms with Gasteiger partial charge in [0.25, 0.3) is 0 Å². The van der Waals surface area contributed by atoms with Gasteiger partial charge in [-0.2, -0.15) is 0 Å². The van der Waals surface area contributed by atoms with Crippen molar-refractivity contribution >= 4 is 6.16 Å². The van der Waals surface area contributed by atoms with Crippen LogP contribution < -0.4 is 0 Å². The molecular weight excluding hydrogens is 188 g/mol. The Kier molecular flexibility index (Phi) is 2.90. The Bertz CT molecular complexity index is 278. The molecule has 1 aliphatic rings. The van der Waals surface area contributed by atoms with Gasteiger partial charge >= 0.3 is 6.16 Å². The standard InChI is InChI=1S/C7H12N4O3/c1-5-8-9-11(10(5)3)6(2)14-7(12)13-4/h6H,1H2,2-4H3. The molecule has 0 aromatic carbocycles. The zero-order chi connectivity index (χ0) is 10.7. The fraction of sp³-hybridized carbons (Fsp3) is 0.571. The molecular formula is C7H12N4O3. The zero-order valence-corrected chi connectivity index (χ0v) is 8.30. The summed E-state index contributed by atoms with van der Waals surface area (Å²) in [6.45, 7) is 5.26. The van der Waals surface area contributed by atoms with E-state index >= 15 is 0 Å². The van der Waals surface area contributed by atoms with Gasteiger partial charge in [-0.15, -0.1) is 10.2 Å². The van der Waals surface area contributed by atoms with Crippen LogP contribution in [-0.4, -0.2) is 36.7 Å². The molecule has 0 fully saturated rings. The predicted molar refractivity (Wildman–Crippen MR) is 46.6 cm³/mol. The van der Waals surface area contributed by atoms with Crippen LogP contribution in [0.1, 0.15) is 6.92 Å². The molecule has 0 N–H and O–H groups in total. The molecule has 14 heavy (non-hydrogen) atoms. The van der Waals surface area contributed by atoms with E-state index in [9.17, 15) is 4.79 Å². The van der Waals surface area contributed by atoms with Gasteiger partial charge in [0.05, 0.1) is 7.11 Å². The van der Waals surface area contributed by atoms with Crippen LogP contribution in [0.15, 0.2) is 22.7 Å². The maximum absolute atomic E-state index is 10.8. The van der Waals surface area contributed by atoms with Gasteiger partial charge in [0.1, 0.15) is 0 Å². The third kappa shape index (κ3) is 1.93. The molecule has 1 aliphatic heterocycles. The molecule has 7 nitrogen and oxygen atoms in total. The summed E-state index contributed by atoms with van der Waals surface area (Å²) in [4.78, 5) is 10.8. The molecule has 1 heterocycles. The summed E-state index contributed by atoms with van der Waals surface area (Å²) in [6.07, 6.45) is -1.35. The number of carbonyl (C=O) groups excluding carboxylic acids is 1. The second-order valence-electron chi connectivity index (χ2n) is 2.62. The van der Waals surface area contributed by atoms with Crippen LogP contribution in [0, 0.1) is 0 Å². The normalized spacial score (nSPS) is 17.2. The van der Waals surface area contributed by atoms with E-state index in [4.69, 9.17) is 4.74 Å². The molecule has 0 saturated heterocycles. The predicted octanol–water partition coefficient (Wildman–Crippen LogP) is 1.12. The highest BCUT2D eigenvalue weighted by Gasteiger charge is 2.26. The minimum absolute atomic E-state index is 0.477. The van der Waals surface area contributed by atoms with Crippen molar-refractivity contribution in [3.05, 3.63) is 12.4 Å². The summed E-state index contributed by atoms with van der Waals surface area (Å²) in [5, 5.41) is 10.4. The van der Waals surface area contributed by atoms with Crippen molar-refractivity contribution in [2.45, 2.75) is 13.2 Å². The lowest BCUT2D eigenvalue weighted by molar-refractivity contribution is -0.105. The van der Waals surface area contributed by atoms with Crippen molar-refractivity contribution in [3.8, 4) is 0 Å². The summed E-state index contributed by atoms with van der Waals surface area (Å²) < 4.78 is 9.17. The Morgan fingerprint density at radius 1 is 1.64 bits per heavy atom. The maximum Gasteiger partial charge on any atom is 0.510 e. The van der Waals surface area contributed by atoms with Crippen LogP contribution in [0.4, 0.5) is 4.79 Å². The van der Waals surface area contributed by atoms with Crippen LogP contribution in [-0.2, 0) is 9.47 Å². The lowest BCUT2D eigenvalue weighted by Crippen LogP contribution is -2.39. The van der Waals surface area contributed by atoms with E-state index in [0.717, 1.165) is 0 Å². The summed E-state index contributed by atoms with van der Waals surface area (Å²) in [5.41, 5.74) is 0. The highest BCUT2D eigenvalue weighted by molar-refractivity contribution is 5.59. The molecule has 0 aromatic rings. The van der Waals surface area contributed by atoms with Gasteiger partial charge in [0, 0.05) is 7.05 Å². The Hall–Kier alpha value is -1.79. The largest absolute Gasteiger partial charge is 0.510 e. The van der Waals surface area contributed by atoms with Crippen LogP contribution in [0.25, 0.3) is 0 Å². The van der Waals surface area contributed by atoms with Gasteiger partial charge in [-0.1, -0.05) is 6.58 Å². The van der Waals surface area contributed by atoms with Crippen LogP contribution in [0.5, 0.6) is 0 Å². The topological polar surface area (TPSA) is 66.7 Å². The lowest BCUT2D eigenvalue weighted by atomic mass is 10.6. The molecule has 0 aliphatic carbocycles. The molecule has 0 bridgehead atoms. The second kappa shape index (κ2) is 3.95. The summed E-state index contributed by atoms with van der Waals surface area (Å²) in [6, 6.07) is 0. The minimum atomic E-state index is -0.765. The fourth-order valence-electron chi connectivity index (χ4n) is 0.892. The highest BCUT2D eigenvalue weighted by Crippen LogP contribution is 2.18. The number of methoxy groups -OCH3 is 1. The van der Waals surface area contributed by atoms with Crippen molar-refractivity contribution in [2.24, 2.45) is 10.3 Å². The Morgan fingerprint density at radius 3 is 2.71 bits per heavy atom. The average Bonchev–Trinajstić information content (AvgIpc) is 2.47. The first-order chi connectivity index (χ1) is 6.56. The molecule has 0 radical (unpaired) electrons. The van der Waals surface area contributed by atoms with Crippen LogP contribution >= 0.6 is 0 Å². The smallest absolute Gasteiger partial charge is 0.438 e. The fourth-order valence-corrected chi connectivity index (χ4v) is 0.892. The van der Waals surface area contributed by atoms with Gasteiger partial charge in [0.15, 0.2) is 5.82 Å². The number of hydrazine groups is 1. The highest BCUT2D eigenvalue weighted by atomic mass is 16.7. The number of rotatable bonds is 2. The monoisotopic (exact) mass is 200 g/mol. The number of hydrogen-bond acceptors (Lipinski definition) is 7. The van der Waals surface area contributed by atoms with Crippen LogP contribution in [0.3, 0.4) is 0 Å². The van der Waals surface area contributed by atoms with Crippen molar-refractivity contribution in [1.29, 1.82) is 0 Å². The quantitative estimate of drug-likeness (QED) is 0.625. The van der Waals surface area contributed by atoms with Gasteiger partial charge in [-0.25, -0.2) is 9.80 Å². The first kappa shape index (κ1) is 10.3. The summed E-state index contributed by atoms with van der Waals surface area (Å²) in [7, 11) is 2.95. The van der Waals surface area contributed by atoms with E-state index in [1.807, 2.05) is 0 Å². The molecule has 0 saturated carbocycles. The van der Waals surface area contributed by atoms with Gasteiger partial charge < -0.3 is 9.47 Å². The first-order valence-electron chi connectivity index (χ1n) is 3.94. The van der Waals surface area contributed by atoms with Crippen LogP contribution in [0.2, 0.25) is 0 Å². The van der Waals surface area contributed by atoms with E-state index in [0.29, 0.717) is 5.82 Å². The molecule has 1 unspecified atom stereocenters. The third-order valence-corrected chi connectivity index (χ3v) is 1.69. The Balaban J connectivity index is 2.54. The maximum atomic E-state index is 10.8. The minimum Gasteiger partial charge on any atom is -0.438 e.